The van der Waals surface area contributed by atoms with Gasteiger partial charge in [-0.05, 0) is 31.0 Å². The fraction of sp³-hybridized carbons (Fsp3) is 0.231. The molecule has 0 radical (unpaired) electrons. The first-order valence-electron chi connectivity index (χ1n) is 5.54. The Labute approximate surface area is 110 Å². The Hall–Kier alpha value is -1.75. The lowest BCUT2D eigenvalue weighted by Gasteiger charge is -2.11. The topological polar surface area (TPSA) is 55.1 Å². The average Bonchev–Trinajstić information content (AvgIpc) is 2.34. The Bertz CT molecular complexity index is 650. The van der Waals surface area contributed by atoms with Gasteiger partial charge in [0.25, 0.3) is 5.56 Å². The predicted octanol–water partition coefficient (Wildman–Crippen LogP) is 1.98. The third-order valence-corrected chi connectivity index (χ3v) is 3.24. The highest BCUT2D eigenvalue weighted by Crippen LogP contribution is 2.18. The fourth-order valence-electron chi connectivity index (χ4n) is 1.73. The van der Waals surface area contributed by atoms with Crippen molar-refractivity contribution in [2.75, 3.05) is 0 Å². The minimum absolute atomic E-state index is 0.114. The summed E-state index contributed by atoms with van der Waals surface area (Å²) in [6.45, 7) is 3.91. The number of nitrogens with zero attached hydrogens (tertiary/aromatic N) is 2. The molecule has 4 nitrogen and oxygen atoms in total. The highest BCUT2D eigenvalue weighted by molar-refractivity contribution is 7.79. The van der Waals surface area contributed by atoms with Crippen LogP contribution in [0.5, 0.6) is 5.75 Å². The molecular formula is C13H14N2O2S. The number of aromatic hydroxyl groups is 1. The van der Waals surface area contributed by atoms with Crippen molar-refractivity contribution < 1.29 is 5.11 Å². The molecule has 0 atom stereocenters. The summed E-state index contributed by atoms with van der Waals surface area (Å²) < 4.78 is 1.30. The molecule has 2 rings (SSSR count). The molecule has 0 unspecified atom stereocenters. The van der Waals surface area contributed by atoms with Crippen LogP contribution in [0.4, 0.5) is 0 Å². The summed E-state index contributed by atoms with van der Waals surface area (Å²) in [5.74, 6) is 0.160. The van der Waals surface area contributed by atoms with Crippen molar-refractivity contribution in [3.63, 3.8) is 0 Å². The fourth-order valence-corrected chi connectivity index (χ4v) is 1.96. The summed E-state index contributed by atoms with van der Waals surface area (Å²) >= 11 is 4.08. The monoisotopic (exact) mass is 262 g/mol. The first-order valence-corrected chi connectivity index (χ1v) is 6.17. The number of aromatic nitrogens is 2. The van der Waals surface area contributed by atoms with Gasteiger partial charge < -0.3 is 5.11 Å². The largest absolute Gasteiger partial charge is 0.506 e. The molecule has 0 amide bonds. The Balaban J connectivity index is 2.71. The Morgan fingerprint density at radius 1 is 1.39 bits per heavy atom. The van der Waals surface area contributed by atoms with Crippen molar-refractivity contribution in [1.29, 1.82) is 0 Å². The van der Waals surface area contributed by atoms with Crippen LogP contribution >= 0.6 is 12.6 Å². The number of rotatable bonds is 2. The minimum atomic E-state index is -0.355. The van der Waals surface area contributed by atoms with E-state index in [1.54, 1.807) is 0 Å². The highest BCUT2D eigenvalue weighted by Gasteiger charge is 2.10. The van der Waals surface area contributed by atoms with Crippen molar-refractivity contribution in [2.24, 2.45) is 0 Å². The summed E-state index contributed by atoms with van der Waals surface area (Å²) in [6, 6.07) is 6.85. The molecule has 2 aromatic rings. The number of benzene rings is 1. The normalized spacial score (nSPS) is 10.6. The lowest BCUT2D eigenvalue weighted by molar-refractivity contribution is 0.460. The van der Waals surface area contributed by atoms with E-state index in [9.17, 15) is 9.90 Å². The number of hydrogen-bond donors (Lipinski definition) is 2. The van der Waals surface area contributed by atoms with Gasteiger partial charge in [0.1, 0.15) is 11.4 Å². The van der Waals surface area contributed by atoms with Crippen molar-refractivity contribution in [1.82, 2.24) is 9.78 Å². The maximum atomic E-state index is 11.9. The van der Waals surface area contributed by atoms with Crippen LogP contribution in [0.25, 0.3) is 5.69 Å². The Morgan fingerprint density at radius 3 is 2.78 bits per heavy atom. The van der Waals surface area contributed by atoms with Crippen LogP contribution in [-0.2, 0) is 5.75 Å². The third kappa shape index (κ3) is 2.13. The zero-order chi connectivity index (χ0) is 13.3. The van der Waals surface area contributed by atoms with Crippen LogP contribution in [0.1, 0.15) is 16.8 Å². The molecule has 5 heteroatoms. The second kappa shape index (κ2) is 4.86. The van der Waals surface area contributed by atoms with E-state index in [1.807, 2.05) is 32.0 Å². The van der Waals surface area contributed by atoms with Gasteiger partial charge in [-0.3, -0.25) is 4.79 Å². The van der Waals surface area contributed by atoms with Crippen LogP contribution in [0.2, 0.25) is 0 Å². The standard InChI is InChI=1S/C13H14N2O2S/c1-8-4-3-5-11(9(8)2)15-13(17)6-12(16)10(7-18)14-15/h3-6,16,18H,7H2,1-2H3. The molecule has 18 heavy (non-hydrogen) atoms. The SMILES string of the molecule is Cc1cccc(-n2nc(CS)c(O)cc2=O)c1C. The van der Waals surface area contributed by atoms with Crippen molar-refractivity contribution in [3.8, 4) is 11.4 Å². The molecule has 1 aromatic heterocycles. The van der Waals surface area contributed by atoms with E-state index in [-0.39, 0.29) is 17.1 Å². The first kappa shape index (κ1) is 12.7. The van der Waals surface area contributed by atoms with E-state index < -0.39 is 0 Å². The van der Waals surface area contributed by atoms with Gasteiger partial charge in [0.2, 0.25) is 0 Å². The minimum Gasteiger partial charge on any atom is -0.506 e. The molecule has 0 fully saturated rings. The van der Waals surface area contributed by atoms with E-state index >= 15 is 0 Å². The molecule has 0 spiro atoms. The second-order valence-electron chi connectivity index (χ2n) is 4.10. The van der Waals surface area contributed by atoms with Crippen molar-refractivity contribution in [2.45, 2.75) is 19.6 Å². The van der Waals surface area contributed by atoms with E-state index in [2.05, 4.69) is 17.7 Å². The summed E-state index contributed by atoms with van der Waals surface area (Å²) in [5.41, 5.74) is 2.83. The molecule has 1 aromatic carbocycles. The molecule has 0 aliphatic heterocycles. The van der Waals surface area contributed by atoms with Crippen LogP contribution in [-0.4, -0.2) is 14.9 Å². The number of hydrogen-bond acceptors (Lipinski definition) is 4. The van der Waals surface area contributed by atoms with Crippen molar-refractivity contribution in [3.05, 3.63) is 51.4 Å². The molecule has 0 saturated carbocycles. The molecular weight excluding hydrogens is 248 g/mol. The lowest BCUT2D eigenvalue weighted by Crippen LogP contribution is -2.22. The second-order valence-corrected chi connectivity index (χ2v) is 4.42. The van der Waals surface area contributed by atoms with Crippen LogP contribution in [0.15, 0.2) is 29.1 Å². The highest BCUT2D eigenvalue weighted by atomic mass is 32.1. The summed E-state index contributed by atoms with van der Waals surface area (Å²) in [7, 11) is 0. The molecule has 94 valence electrons. The van der Waals surface area contributed by atoms with E-state index in [0.29, 0.717) is 5.69 Å². The Kier molecular flexibility index (Phi) is 3.43. The summed E-state index contributed by atoms with van der Waals surface area (Å²) in [5, 5.41) is 13.7. The molecule has 0 bridgehead atoms. The zero-order valence-corrected chi connectivity index (χ0v) is 11.1. The van der Waals surface area contributed by atoms with Crippen molar-refractivity contribution >= 4 is 12.6 Å². The molecule has 0 aliphatic rings. The number of thiol groups is 1. The average molecular weight is 262 g/mol. The lowest BCUT2D eigenvalue weighted by atomic mass is 10.1. The van der Waals surface area contributed by atoms with Gasteiger partial charge in [0, 0.05) is 11.8 Å². The van der Waals surface area contributed by atoms with Gasteiger partial charge in [-0.25, -0.2) is 0 Å². The maximum absolute atomic E-state index is 11.9. The summed E-state index contributed by atoms with van der Waals surface area (Å²) in [6.07, 6.45) is 0. The van der Waals surface area contributed by atoms with Gasteiger partial charge in [-0.15, -0.1) is 0 Å². The zero-order valence-electron chi connectivity index (χ0n) is 10.2. The van der Waals surface area contributed by atoms with Gasteiger partial charge in [-0.2, -0.15) is 22.4 Å². The van der Waals surface area contributed by atoms with E-state index in [1.165, 1.54) is 10.7 Å². The summed E-state index contributed by atoms with van der Waals surface area (Å²) in [4.78, 5) is 11.9. The van der Waals surface area contributed by atoms with E-state index in [0.717, 1.165) is 16.8 Å². The third-order valence-electron chi connectivity index (χ3n) is 2.94. The molecule has 1 heterocycles. The van der Waals surface area contributed by atoms with Crippen LogP contribution in [0.3, 0.4) is 0 Å². The Morgan fingerprint density at radius 2 is 2.11 bits per heavy atom. The first-order chi connectivity index (χ1) is 8.54. The van der Waals surface area contributed by atoms with Gasteiger partial charge in [0.15, 0.2) is 0 Å². The van der Waals surface area contributed by atoms with Crippen LogP contribution < -0.4 is 5.56 Å². The predicted molar refractivity (Wildman–Crippen MR) is 73.7 cm³/mol. The van der Waals surface area contributed by atoms with Gasteiger partial charge in [0.05, 0.1) is 5.69 Å². The van der Waals surface area contributed by atoms with E-state index in [4.69, 9.17) is 0 Å². The van der Waals surface area contributed by atoms with Crippen LogP contribution in [0, 0.1) is 13.8 Å². The smallest absolute Gasteiger partial charge is 0.275 e. The number of aryl methyl sites for hydroxylation is 1. The molecule has 0 saturated heterocycles. The van der Waals surface area contributed by atoms with Gasteiger partial charge in [-0.1, -0.05) is 12.1 Å². The quantitative estimate of drug-likeness (QED) is 0.814. The molecule has 0 aliphatic carbocycles. The maximum Gasteiger partial charge on any atom is 0.275 e. The van der Waals surface area contributed by atoms with Gasteiger partial charge >= 0.3 is 0 Å². The molecule has 1 N–H and O–H groups in total.